The molecule has 0 aromatic rings. The van der Waals surface area contributed by atoms with Crippen molar-refractivity contribution in [2.45, 2.75) is 76.8 Å². The first kappa shape index (κ1) is 20.7. The van der Waals surface area contributed by atoms with Gasteiger partial charge in [-0.25, -0.2) is 0 Å². The maximum absolute atomic E-state index is 6.15. The Morgan fingerprint density at radius 3 is 1.80 bits per heavy atom. The van der Waals surface area contributed by atoms with Crippen molar-refractivity contribution in [3.63, 3.8) is 0 Å². The van der Waals surface area contributed by atoms with Gasteiger partial charge in [-0.05, 0) is 30.2 Å². The van der Waals surface area contributed by atoms with Gasteiger partial charge in [-0.15, -0.1) is 0 Å². The summed E-state index contributed by atoms with van der Waals surface area (Å²) in [5.41, 5.74) is 0. The Morgan fingerprint density at radius 2 is 1.50 bits per heavy atom. The average molecular weight is 337 g/mol. The summed E-state index contributed by atoms with van der Waals surface area (Å²) in [6.45, 7) is 17.7. The first-order chi connectivity index (χ1) is 9.23. The van der Waals surface area contributed by atoms with Crippen LogP contribution in [-0.4, -0.2) is 36.0 Å². The monoisotopic (exact) mass is 336 g/mol. The van der Waals surface area contributed by atoms with Crippen LogP contribution in [0.4, 0.5) is 0 Å². The number of thiol groups is 1. The van der Waals surface area contributed by atoms with Gasteiger partial charge >= 0.3 is 9.28 Å². The standard InChI is InChI=1S/C15H36O2SSi2/c1-8-11-16-20(17-12-9-2)15(18,10-3)19-14(6,7)13(4)5/h13,18,20H,8-12,19H2,1-7H3/t15-/m0/s1. The Morgan fingerprint density at radius 1 is 1.05 bits per heavy atom. The predicted molar refractivity (Wildman–Crippen MR) is 99.1 cm³/mol. The first-order valence-corrected chi connectivity index (χ1v) is 11.6. The van der Waals surface area contributed by atoms with Gasteiger partial charge in [-0.2, -0.15) is 12.6 Å². The van der Waals surface area contributed by atoms with Gasteiger partial charge in [0.25, 0.3) is 0 Å². The Labute approximate surface area is 136 Å². The predicted octanol–water partition coefficient (Wildman–Crippen LogP) is 3.66. The third-order valence-electron chi connectivity index (χ3n) is 4.32. The van der Waals surface area contributed by atoms with E-state index in [1.54, 1.807) is 0 Å². The SMILES string of the molecule is CCCO[SiH](OCCC)[C@](S)(CC)[SiH2]C(C)(C)C(C)C. The van der Waals surface area contributed by atoms with Crippen molar-refractivity contribution in [2.75, 3.05) is 13.2 Å². The smallest absolute Gasteiger partial charge is 0.334 e. The number of hydrogen-bond acceptors (Lipinski definition) is 3. The van der Waals surface area contributed by atoms with E-state index >= 15 is 0 Å². The fourth-order valence-corrected chi connectivity index (χ4v) is 11.0. The summed E-state index contributed by atoms with van der Waals surface area (Å²) >= 11 is 5.12. The van der Waals surface area contributed by atoms with E-state index < -0.39 is 18.8 Å². The van der Waals surface area contributed by atoms with Crippen LogP contribution >= 0.6 is 12.6 Å². The molecule has 0 aliphatic rings. The molecule has 0 aromatic carbocycles. The molecule has 0 radical (unpaired) electrons. The molecule has 0 aliphatic heterocycles. The lowest BCUT2D eigenvalue weighted by Crippen LogP contribution is -2.53. The maximum Gasteiger partial charge on any atom is 0.334 e. The molecule has 0 fully saturated rings. The molecule has 0 amide bonds. The van der Waals surface area contributed by atoms with Crippen LogP contribution in [0.25, 0.3) is 0 Å². The van der Waals surface area contributed by atoms with Gasteiger partial charge in [0.2, 0.25) is 0 Å². The topological polar surface area (TPSA) is 18.5 Å². The van der Waals surface area contributed by atoms with E-state index in [4.69, 9.17) is 21.5 Å². The molecule has 0 spiro atoms. The van der Waals surface area contributed by atoms with Gasteiger partial charge in [0.05, 0.1) is 0 Å². The van der Waals surface area contributed by atoms with Crippen LogP contribution in [0.3, 0.4) is 0 Å². The molecule has 122 valence electrons. The Kier molecular flexibility index (Phi) is 10.0. The normalized spacial score (nSPS) is 16.5. The molecule has 20 heavy (non-hydrogen) atoms. The van der Waals surface area contributed by atoms with Crippen molar-refractivity contribution < 1.29 is 8.85 Å². The lowest BCUT2D eigenvalue weighted by atomic mass is 9.99. The molecule has 0 bridgehead atoms. The number of rotatable bonds is 11. The first-order valence-electron chi connectivity index (χ1n) is 8.19. The molecule has 0 aliphatic carbocycles. The van der Waals surface area contributed by atoms with Crippen molar-refractivity contribution in [1.29, 1.82) is 0 Å². The van der Waals surface area contributed by atoms with Gasteiger partial charge in [0.15, 0.2) is 0 Å². The quantitative estimate of drug-likeness (QED) is 0.458. The van der Waals surface area contributed by atoms with Gasteiger partial charge in [-0.1, -0.05) is 48.5 Å². The van der Waals surface area contributed by atoms with Crippen molar-refractivity contribution in [2.24, 2.45) is 5.92 Å². The van der Waals surface area contributed by atoms with E-state index in [1.807, 2.05) is 0 Å². The third-order valence-corrected chi connectivity index (χ3v) is 12.6. The molecule has 0 saturated heterocycles. The molecule has 0 rings (SSSR count). The second-order valence-corrected chi connectivity index (χ2v) is 15.5. The van der Waals surface area contributed by atoms with E-state index in [0.717, 1.165) is 32.5 Å². The molecular weight excluding hydrogens is 300 g/mol. The summed E-state index contributed by atoms with van der Waals surface area (Å²) in [5.74, 6) is 0.694. The minimum Gasteiger partial charge on any atom is -0.396 e. The fourth-order valence-electron chi connectivity index (χ4n) is 2.18. The van der Waals surface area contributed by atoms with Crippen molar-refractivity contribution in [3.05, 3.63) is 0 Å². The van der Waals surface area contributed by atoms with E-state index in [1.165, 1.54) is 0 Å². The van der Waals surface area contributed by atoms with Gasteiger partial charge < -0.3 is 8.85 Å². The second-order valence-electron chi connectivity index (χ2n) is 6.85. The molecule has 1 atom stereocenters. The Hall–Kier alpha value is 0.704. The van der Waals surface area contributed by atoms with Crippen LogP contribution in [0.1, 0.15) is 67.7 Å². The summed E-state index contributed by atoms with van der Waals surface area (Å²) in [6, 6.07) is 0. The zero-order chi connectivity index (χ0) is 15.8. The molecule has 5 heteroatoms. The second kappa shape index (κ2) is 9.67. The van der Waals surface area contributed by atoms with Crippen molar-refractivity contribution >= 4 is 31.4 Å². The zero-order valence-corrected chi connectivity index (χ0v) is 18.1. The van der Waals surface area contributed by atoms with Gasteiger partial charge in [-0.3, -0.25) is 0 Å². The summed E-state index contributed by atoms with van der Waals surface area (Å²) in [7, 11) is -2.13. The van der Waals surface area contributed by atoms with E-state index in [0.29, 0.717) is 11.0 Å². The van der Waals surface area contributed by atoms with E-state index in [9.17, 15) is 0 Å². The summed E-state index contributed by atoms with van der Waals surface area (Å²) in [6.07, 6.45) is 3.19. The molecule has 0 saturated carbocycles. The minimum absolute atomic E-state index is 0.0537. The van der Waals surface area contributed by atoms with Gasteiger partial charge in [0, 0.05) is 26.7 Å². The van der Waals surface area contributed by atoms with Crippen LogP contribution in [0.2, 0.25) is 5.04 Å². The van der Waals surface area contributed by atoms with E-state index in [-0.39, 0.29) is 3.99 Å². The molecule has 0 N–H and O–H groups in total. The van der Waals surface area contributed by atoms with Gasteiger partial charge in [0.1, 0.15) is 0 Å². The van der Waals surface area contributed by atoms with Crippen LogP contribution in [-0.2, 0) is 8.85 Å². The highest BCUT2D eigenvalue weighted by molar-refractivity contribution is 7.85. The average Bonchev–Trinajstić information content (AvgIpc) is 2.38. The Balaban J connectivity index is 4.98. The highest BCUT2D eigenvalue weighted by Crippen LogP contribution is 2.40. The minimum atomic E-state index is -1.71. The maximum atomic E-state index is 6.15. The summed E-state index contributed by atoms with van der Waals surface area (Å²) in [5, 5.41) is 0.397. The molecule has 0 heterocycles. The fraction of sp³-hybridized carbons (Fsp3) is 1.00. The number of hydrogen-bond donors (Lipinski definition) is 1. The third kappa shape index (κ3) is 6.64. The summed E-state index contributed by atoms with van der Waals surface area (Å²) < 4.78 is 12.4. The van der Waals surface area contributed by atoms with Crippen LogP contribution < -0.4 is 0 Å². The highest BCUT2D eigenvalue weighted by Gasteiger charge is 2.43. The van der Waals surface area contributed by atoms with Crippen molar-refractivity contribution in [3.8, 4) is 0 Å². The zero-order valence-electron chi connectivity index (χ0n) is 14.7. The van der Waals surface area contributed by atoms with Crippen LogP contribution in [0, 0.1) is 5.92 Å². The molecule has 0 aromatic heterocycles. The van der Waals surface area contributed by atoms with E-state index in [2.05, 4.69) is 48.5 Å². The Bertz CT molecular complexity index is 254. The largest absolute Gasteiger partial charge is 0.396 e. The molecule has 0 unspecified atom stereocenters. The molecule has 2 nitrogen and oxygen atoms in total. The van der Waals surface area contributed by atoms with Crippen molar-refractivity contribution in [1.82, 2.24) is 0 Å². The lowest BCUT2D eigenvalue weighted by molar-refractivity contribution is 0.190. The van der Waals surface area contributed by atoms with Crippen LogP contribution in [0.15, 0.2) is 0 Å². The summed E-state index contributed by atoms with van der Waals surface area (Å²) in [4.78, 5) is 0. The highest BCUT2D eigenvalue weighted by atomic mass is 32.1. The molecular formula is C15H36O2SSi2. The van der Waals surface area contributed by atoms with Crippen LogP contribution in [0.5, 0.6) is 0 Å². The lowest BCUT2D eigenvalue weighted by Gasteiger charge is -2.41.